The number of nitrogens with one attached hydrogen (secondary N) is 2. The molecule has 2 aromatic rings. The van der Waals surface area contributed by atoms with Gasteiger partial charge in [0.15, 0.2) is 0 Å². The molecule has 1 aromatic carbocycles. The van der Waals surface area contributed by atoms with Crippen LogP contribution >= 0.6 is 11.8 Å². The summed E-state index contributed by atoms with van der Waals surface area (Å²) in [5.74, 6) is -0.235. The van der Waals surface area contributed by atoms with E-state index in [1.165, 1.54) is 11.8 Å². The molecule has 108 valence electrons. The number of hydrogen-bond donors (Lipinski definition) is 3. The summed E-state index contributed by atoms with van der Waals surface area (Å²) in [5, 5.41) is 5.05. The fourth-order valence-electron chi connectivity index (χ4n) is 1.64. The van der Waals surface area contributed by atoms with Crippen molar-refractivity contribution >= 4 is 29.4 Å². The van der Waals surface area contributed by atoms with Gasteiger partial charge in [-0.2, -0.15) is 0 Å². The summed E-state index contributed by atoms with van der Waals surface area (Å²) in [6.45, 7) is 0. The van der Waals surface area contributed by atoms with Gasteiger partial charge < -0.3 is 16.4 Å². The highest BCUT2D eigenvalue weighted by molar-refractivity contribution is 7.99. The normalized spacial score (nSPS) is 9.95. The van der Waals surface area contributed by atoms with E-state index >= 15 is 0 Å². The number of nitrogens with zero attached hydrogens (tertiary/aromatic N) is 1. The van der Waals surface area contributed by atoms with Crippen LogP contribution in [0.25, 0.3) is 0 Å². The highest BCUT2D eigenvalue weighted by Crippen LogP contribution is 2.29. The van der Waals surface area contributed by atoms with Crippen molar-refractivity contribution in [2.24, 2.45) is 5.73 Å². The predicted octanol–water partition coefficient (Wildman–Crippen LogP) is 2.08. The monoisotopic (exact) mass is 302 g/mol. The van der Waals surface area contributed by atoms with E-state index in [1.807, 2.05) is 18.2 Å². The number of aromatic nitrogens is 1. The molecular weight excluding hydrogens is 288 g/mol. The van der Waals surface area contributed by atoms with Gasteiger partial charge in [-0.15, -0.1) is 0 Å². The molecule has 6 nitrogen and oxygen atoms in total. The van der Waals surface area contributed by atoms with Crippen molar-refractivity contribution < 1.29 is 9.59 Å². The van der Waals surface area contributed by atoms with Crippen LogP contribution in [0, 0.1) is 0 Å². The van der Waals surface area contributed by atoms with E-state index in [-0.39, 0.29) is 5.91 Å². The second-order valence-corrected chi connectivity index (χ2v) is 5.22. The maximum absolute atomic E-state index is 11.5. The smallest absolute Gasteiger partial charge is 0.316 e. The third kappa shape index (κ3) is 4.22. The molecule has 0 unspecified atom stereocenters. The fourth-order valence-corrected chi connectivity index (χ4v) is 2.55. The fraction of sp³-hybridized carbons (Fsp3) is 0.0714. The molecule has 0 radical (unpaired) electrons. The quantitative estimate of drug-likeness (QED) is 0.805. The first kappa shape index (κ1) is 14.9. The molecule has 21 heavy (non-hydrogen) atoms. The van der Waals surface area contributed by atoms with E-state index in [1.54, 1.807) is 31.4 Å². The second kappa shape index (κ2) is 6.76. The number of nitrogens with two attached hydrogens (primary N) is 1. The number of amides is 3. The van der Waals surface area contributed by atoms with E-state index in [9.17, 15) is 9.59 Å². The van der Waals surface area contributed by atoms with Crippen LogP contribution in [0.5, 0.6) is 0 Å². The third-order valence-electron chi connectivity index (χ3n) is 2.53. The molecule has 0 fully saturated rings. The largest absolute Gasteiger partial charge is 0.354 e. The molecule has 3 amide bonds. The van der Waals surface area contributed by atoms with Crippen LogP contribution in [0.2, 0.25) is 0 Å². The Balaban J connectivity index is 2.18. The minimum absolute atomic E-state index is 0.235. The average molecular weight is 302 g/mol. The van der Waals surface area contributed by atoms with Crippen LogP contribution in [0.15, 0.2) is 52.4 Å². The van der Waals surface area contributed by atoms with Crippen LogP contribution in [-0.4, -0.2) is 24.0 Å². The summed E-state index contributed by atoms with van der Waals surface area (Å²) in [6, 6.07) is 10.2. The summed E-state index contributed by atoms with van der Waals surface area (Å²) >= 11 is 1.46. The van der Waals surface area contributed by atoms with E-state index in [2.05, 4.69) is 15.6 Å². The first-order valence-corrected chi connectivity index (χ1v) is 6.92. The van der Waals surface area contributed by atoms with Gasteiger partial charge in [0.25, 0.3) is 5.91 Å². The van der Waals surface area contributed by atoms with Crippen LogP contribution in [0.4, 0.5) is 10.5 Å². The molecule has 2 rings (SSSR count). The van der Waals surface area contributed by atoms with Gasteiger partial charge in [-0.25, -0.2) is 4.79 Å². The molecule has 0 saturated carbocycles. The third-order valence-corrected chi connectivity index (χ3v) is 3.51. The van der Waals surface area contributed by atoms with Gasteiger partial charge in [-0.3, -0.25) is 9.78 Å². The topological polar surface area (TPSA) is 97.1 Å². The van der Waals surface area contributed by atoms with Crippen molar-refractivity contribution in [1.82, 2.24) is 10.3 Å². The van der Waals surface area contributed by atoms with Crippen LogP contribution in [0.3, 0.4) is 0 Å². The van der Waals surface area contributed by atoms with Gasteiger partial charge >= 0.3 is 6.03 Å². The lowest BCUT2D eigenvalue weighted by molar-refractivity contribution is 0.0958. The van der Waals surface area contributed by atoms with E-state index in [4.69, 9.17) is 5.73 Å². The van der Waals surface area contributed by atoms with Crippen molar-refractivity contribution in [3.05, 3.63) is 48.3 Å². The molecule has 0 spiro atoms. The van der Waals surface area contributed by atoms with Crippen LogP contribution in [-0.2, 0) is 0 Å². The number of anilines is 1. The average Bonchev–Trinajstić information content (AvgIpc) is 2.46. The predicted molar refractivity (Wildman–Crippen MR) is 81.4 cm³/mol. The van der Waals surface area contributed by atoms with Crippen LogP contribution in [0.1, 0.15) is 10.5 Å². The minimum Gasteiger partial charge on any atom is -0.354 e. The number of rotatable bonds is 4. The number of hydrogen-bond acceptors (Lipinski definition) is 4. The van der Waals surface area contributed by atoms with Gasteiger partial charge in [0, 0.05) is 28.7 Å². The number of carbonyl (C=O) groups excluding carboxylic acids is 2. The van der Waals surface area contributed by atoms with Gasteiger partial charge in [0.2, 0.25) is 0 Å². The number of benzene rings is 1. The number of urea groups is 1. The van der Waals surface area contributed by atoms with Crippen molar-refractivity contribution in [1.29, 1.82) is 0 Å². The summed E-state index contributed by atoms with van der Waals surface area (Å²) in [4.78, 5) is 28.2. The standard InChI is InChI=1S/C14H14N4O2S/c1-16-13(19)12-8-11(5-6-17-12)21-10-4-2-3-9(7-10)18-14(15)20/h2-8H,1H3,(H,16,19)(H3,15,18,20). The molecule has 0 aliphatic rings. The summed E-state index contributed by atoms with van der Waals surface area (Å²) in [6.07, 6.45) is 1.58. The van der Waals surface area contributed by atoms with Crippen LogP contribution < -0.4 is 16.4 Å². The van der Waals surface area contributed by atoms with Gasteiger partial charge in [0.1, 0.15) is 5.69 Å². The molecule has 7 heteroatoms. The maximum atomic E-state index is 11.5. The van der Waals surface area contributed by atoms with E-state index in [0.717, 1.165) is 9.79 Å². The highest BCUT2D eigenvalue weighted by Gasteiger charge is 2.07. The number of primary amides is 1. The molecular formula is C14H14N4O2S. The van der Waals surface area contributed by atoms with Crippen molar-refractivity contribution in [2.45, 2.75) is 9.79 Å². The summed E-state index contributed by atoms with van der Waals surface area (Å²) < 4.78 is 0. The lowest BCUT2D eigenvalue weighted by Gasteiger charge is -2.06. The van der Waals surface area contributed by atoms with Crippen molar-refractivity contribution in [2.75, 3.05) is 12.4 Å². The molecule has 0 saturated heterocycles. The molecule has 4 N–H and O–H groups in total. The van der Waals surface area contributed by atoms with Gasteiger partial charge in [-0.1, -0.05) is 17.8 Å². The number of carbonyl (C=O) groups is 2. The Labute approximate surface area is 126 Å². The minimum atomic E-state index is -0.608. The molecule has 0 atom stereocenters. The zero-order chi connectivity index (χ0) is 15.2. The Morgan fingerprint density at radius 2 is 1.95 bits per heavy atom. The Kier molecular flexibility index (Phi) is 4.78. The molecule has 0 bridgehead atoms. The first-order chi connectivity index (χ1) is 10.1. The lowest BCUT2D eigenvalue weighted by Crippen LogP contribution is -2.19. The highest BCUT2D eigenvalue weighted by atomic mass is 32.2. The maximum Gasteiger partial charge on any atom is 0.316 e. The molecule has 0 aliphatic heterocycles. The van der Waals surface area contributed by atoms with E-state index < -0.39 is 6.03 Å². The van der Waals surface area contributed by atoms with Crippen molar-refractivity contribution in [3.8, 4) is 0 Å². The van der Waals surface area contributed by atoms with E-state index in [0.29, 0.717) is 11.4 Å². The summed E-state index contributed by atoms with van der Waals surface area (Å²) in [5.41, 5.74) is 6.06. The summed E-state index contributed by atoms with van der Waals surface area (Å²) in [7, 11) is 1.56. The Bertz CT molecular complexity index is 676. The molecule has 1 aromatic heterocycles. The zero-order valence-electron chi connectivity index (χ0n) is 11.3. The lowest BCUT2D eigenvalue weighted by atomic mass is 10.3. The van der Waals surface area contributed by atoms with Gasteiger partial charge in [0.05, 0.1) is 0 Å². The Hall–Kier alpha value is -2.54. The zero-order valence-corrected chi connectivity index (χ0v) is 12.1. The molecule has 0 aliphatic carbocycles. The SMILES string of the molecule is CNC(=O)c1cc(Sc2cccc(NC(N)=O)c2)ccn1. The van der Waals surface area contributed by atoms with Crippen molar-refractivity contribution in [3.63, 3.8) is 0 Å². The Morgan fingerprint density at radius 1 is 1.19 bits per heavy atom. The number of pyridine rings is 1. The Morgan fingerprint density at radius 3 is 2.67 bits per heavy atom. The first-order valence-electron chi connectivity index (χ1n) is 6.11. The van der Waals surface area contributed by atoms with Gasteiger partial charge in [-0.05, 0) is 30.3 Å². The molecule has 1 heterocycles. The second-order valence-electron chi connectivity index (χ2n) is 4.08.